The Labute approximate surface area is 104 Å². The van der Waals surface area contributed by atoms with E-state index in [0.717, 1.165) is 38.0 Å². The molecule has 0 atom stereocenters. The lowest BCUT2D eigenvalue weighted by molar-refractivity contribution is 0.314. The quantitative estimate of drug-likeness (QED) is 0.555. The van der Waals surface area contributed by atoms with Crippen LogP contribution in [0.4, 0.5) is 0 Å². The first kappa shape index (κ1) is 14.4. The summed E-state index contributed by atoms with van der Waals surface area (Å²) in [6.07, 6.45) is 4.26. The fraction of sp³-hybridized carbons (Fsp3) is 0.538. The first-order valence-electron chi connectivity index (χ1n) is 6.10. The molecule has 0 aromatic heterocycles. The van der Waals surface area contributed by atoms with Gasteiger partial charge in [-0.05, 0) is 37.3 Å². The van der Waals surface area contributed by atoms with Crippen LogP contribution in [0.3, 0.4) is 0 Å². The summed E-state index contributed by atoms with van der Waals surface area (Å²) < 4.78 is 5.67. The van der Waals surface area contributed by atoms with Crippen molar-refractivity contribution in [1.29, 1.82) is 0 Å². The highest BCUT2D eigenvalue weighted by Gasteiger charge is 2.03. The Morgan fingerprint density at radius 1 is 1.18 bits per heavy atom. The van der Waals surface area contributed by atoms with Gasteiger partial charge < -0.3 is 14.5 Å². The predicted octanol–water partition coefficient (Wildman–Crippen LogP) is 3.09. The maximum atomic E-state index is 8.82. The molecule has 0 aliphatic heterocycles. The molecule has 0 unspecified atom stereocenters. The lowest BCUT2D eigenvalue weighted by atomic mass is 10.1. The summed E-state index contributed by atoms with van der Waals surface area (Å²) in [6.45, 7) is 2.84. The van der Waals surface area contributed by atoms with E-state index in [0.29, 0.717) is 6.16 Å². The highest BCUT2D eigenvalue weighted by atomic mass is 31.2. The molecular weight excluding hydrogens is 235 g/mol. The van der Waals surface area contributed by atoms with Crippen molar-refractivity contribution in [3.63, 3.8) is 0 Å². The number of hydrogen-bond donors (Lipinski definition) is 2. The lowest BCUT2D eigenvalue weighted by Gasteiger charge is -2.10. The van der Waals surface area contributed by atoms with Crippen LogP contribution in [-0.2, 0) is 6.42 Å². The first-order valence-corrected chi connectivity index (χ1v) is 7.53. The second-order valence-electron chi connectivity index (χ2n) is 4.01. The fourth-order valence-electron chi connectivity index (χ4n) is 1.63. The van der Waals surface area contributed by atoms with E-state index in [1.807, 2.05) is 18.2 Å². The highest BCUT2D eigenvalue weighted by molar-refractivity contribution is 7.45. The average molecular weight is 256 g/mol. The van der Waals surface area contributed by atoms with Gasteiger partial charge in [0.25, 0.3) is 0 Å². The number of rotatable bonds is 8. The predicted molar refractivity (Wildman–Crippen MR) is 71.4 cm³/mol. The van der Waals surface area contributed by atoms with Crippen LogP contribution in [0, 0.1) is 0 Å². The minimum absolute atomic E-state index is 0.507. The molecule has 17 heavy (non-hydrogen) atoms. The third kappa shape index (κ3) is 6.02. The monoisotopic (exact) mass is 256 g/mol. The Balaban J connectivity index is 2.40. The fourth-order valence-corrected chi connectivity index (χ4v) is 2.14. The van der Waals surface area contributed by atoms with Crippen molar-refractivity contribution in [2.24, 2.45) is 0 Å². The van der Waals surface area contributed by atoms with Gasteiger partial charge in [0.2, 0.25) is 0 Å². The zero-order chi connectivity index (χ0) is 12.5. The summed E-state index contributed by atoms with van der Waals surface area (Å²) in [7, 11) is -1.73. The van der Waals surface area contributed by atoms with E-state index in [-0.39, 0.29) is 0 Å². The molecule has 0 spiro atoms. The number of aryl methyl sites for hydroxylation is 1. The summed E-state index contributed by atoms with van der Waals surface area (Å²) in [4.78, 5) is 17.6. The minimum Gasteiger partial charge on any atom is -0.493 e. The summed E-state index contributed by atoms with van der Waals surface area (Å²) >= 11 is 0. The maximum absolute atomic E-state index is 8.82. The molecule has 2 N–H and O–H groups in total. The summed E-state index contributed by atoms with van der Waals surface area (Å²) in [5, 5.41) is 0. The van der Waals surface area contributed by atoms with Crippen molar-refractivity contribution in [3.05, 3.63) is 29.8 Å². The van der Waals surface area contributed by atoms with Gasteiger partial charge in [0.15, 0.2) is 8.38 Å². The normalized spacial score (nSPS) is 10.8. The van der Waals surface area contributed by atoms with Crippen LogP contribution in [0.15, 0.2) is 24.3 Å². The number of hydrogen-bond acceptors (Lipinski definition) is 3. The van der Waals surface area contributed by atoms with E-state index >= 15 is 0 Å². The Hall–Kier alpha value is -0.630. The smallest absolute Gasteiger partial charge is 0.164 e. The Morgan fingerprint density at radius 2 is 1.94 bits per heavy atom. The standard InChI is InChI=1S/C13H21O3P/c1-2-10-16-13-9-4-3-7-12(13)8-5-6-11-17(14)15/h3-4,7,9,14-15H,2,5-6,8,10-11H2,1H3. The Kier molecular flexibility index (Phi) is 7.18. The average Bonchev–Trinajstić information content (AvgIpc) is 2.33. The number of ether oxygens (including phenoxy) is 1. The van der Waals surface area contributed by atoms with E-state index in [9.17, 15) is 0 Å². The molecular formula is C13H21O3P. The molecule has 96 valence electrons. The van der Waals surface area contributed by atoms with Crippen molar-refractivity contribution in [2.45, 2.75) is 32.6 Å². The topological polar surface area (TPSA) is 49.7 Å². The number of unbranched alkanes of at least 4 members (excludes halogenated alkanes) is 1. The van der Waals surface area contributed by atoms with Gasteiger partial charge in [0.1, 0.15) is 5.75 Å². The lowest BCUT2D eigenvalue weighted by Crippen LogP contribution is -1.99. The molecule has 0 radical (unpaired) electrons. The van der Waals surface area contributed by atoms with Crippen molar-refractivity contribution < 1.29 is 14.5 Å². The second-order valence-corrected chi connectivity index (χ2v) is 5.20. The van der Waals surface area contributed by atoms with Crippen LogP contribution in [-0.4, -0.2) is 22.6 Å². The molecule has 4 heteroatoms. The van der Waals surface area contributed by atoms with Crippen LogP contribution in [0.25, 0.3) is 0 Å². The van der Waals surface area contributed by atoms with Gasteiger partial charge in [0, 0.05) is 6.16 Å². The number of benzene rings is 1. The van der Waals surface area contributed by atoms with Gasteiger partial charge in [-0.1, -0.05) is 25.1 Å². The molecule has 3 nitrogen and oxygen atoms in total. The number of para-hydroxylation sites is 1. The van der Waals surface area contributed by atoms with E-state index < -0.39 is 8.38 Å². The van der Waals surface area contributed by atoms with E-state index in [1.54, 1.807) is 0 Å². The summed E-state index contributed by atoms with van der Waals surface area (Å²) in [6, 6.07) is 8.07. The highest BCUT2D eigenvalue weighted by Crippen LogP contribution is 2.26. The van der Waals surface area contributed by atoms with Crippen molar-refractivity contribution in [2.75, 3.05) is 12.8 Å². The molecule has 1 aromatic rings. The van der Waals surface area contributed by atoms with Crippen LogP contribution in [0.5, 0.6) is 5.75 Å². The van der Waals surface area contributed by atoms with Crippen LogP contribution in [0.1, 0.15) is 31.7 Å². The zero-order valence-corrected chi connectivity index (χ0v) is 11.2. The van der Waals surface area contributed by atoms with Crippen molar-refractivity contribution >= 4 is 8.38 Å². The molecule has 1 rings (SSSR count). The SMILES string of the molecule is CCCOc1ccccc1CCCCP(O)O. The van der Waals surface area contributed by atoms with Crippen molar-refractivity contribution in [3.8, 4) is 5.75 Å². The summed E-state index contributed by atoms with van der Waals surface area (Å²) in [5.41, 5.74) is 1.21. The molecule has 0 saturated carbocycles. The maximum Gasteiger partial charge on any atom is 0.164 e. The molecule has 0 fully saturated rings. The first-order chi connectivity index (χ1) is 8.24. The largest absolute Gasteiger partial charge is 0.493 e. The minimum atomic E-state index is -1.73. The molecule has 0 aliphatic rings. The van der Waals surface area contributed by atoms with Crippen molar-refractivity contribution in [1.82, 2.24) is 0 Å². The molecule has 0 heterocycles. The molecule has 0 saturated heterocycles. The third-order valence-electron chi connectivity index (χ3n) is 2.49. The van der Waals surface area contributed by atoms with E-state index in [1.165, 1.54) is 5.56 Å². The van der Waals surface area contributed by atoms with Gasteiger partial charge in [-0.3, -0.25) is 0 Å². The zero-order valence-electron chi connectivity index (χ0n) is 10.3. The van der Waals surface area contributed by atoms with Crippen LogP contribution >= 0.6 is 8.38 Å². The second kappa shape index (κ2) is 8.46. The molecule has 1 aromatic carbocycles. The third-order valence-corrected chi connectivity index (χ3v) is 3.20. The van der Waals surface area contributed by atoms with E-state index in [4.69, 9.17) is 14.5 Å². The Morgan fingerprint density at radius 3 is 2.65 bits per heavy atom. The van der Waals surface area contributed by atoms with Gasteiger partial charge in [0.05, 0.1) is 6.61 Å². The molecule has 0 amide bonds. The van der Waals surface area contributed by atoms with Gasteiger partial charge in [-0.2, -0.15) is 0 Å². The molecule has 0 aliphatic carbocycles. The van der Waals surface area contributed by atoms with E-state index in [2.05, 4.69) is 13.0 Å². The summed E-state index contributed by atoms with van der Waals surface area (Å²) in [5.74, 6) is 0.963. The van der Waals surface area contributed by atoms with Gasteiger partial charge in [-0.25, -0.2) is 0 Å². The van der Waals surface area contributed by atoms with Crippen LogP contribution < -0.4 is 4.74 Å². The molecule has 0 bridgehead atoms. The van der Waals surface area contributed by atoms with Gasteiger partial charge in [-0.15, -0.1) is 0 Å². The Bertz CT molecular complexity index is 315. The van der Waals surface area contributed by atoms with Crippen LogP contribution in [0.2, 0.25) is 0 Å². The van der Waals surface area contributed by atoms with Gasteiger partial charge >= 0.3 is 0 Å².